The molecule has 16 heavy (non-hydrogen) atoms. The Kier molecular flexibility index (Phi) is 3.51. The van der Waals surface area contributed by atoms with Crippen molar-refractivity contribution in [3.63, 3.8) is 0 Å². The Balaban J connectivity index is 2.37. The van der Waals surface area contributed by atoms with Gasteiger partial charge >= 0.3 is 4.87 Å². The van der Waals surface area contributed by atoms with Gasteiger partial charge in [0.2, 0.25) is 5.88 Å². The molecular weight excluding hydrogens is 358 g/mol. The molecule has 1 aromatic heterocycles. The standard InChI is InChI=1S/C10H7Br2NO2S/c11-7-1-6(2-8(12)3-7)4-13-9(14)5-16-10(13)15/h1-3,5,14H,4H2. The van der Waals surface area contributed by atoms with E-state index in [0.29, 0.717) is 6.54 Å². The summed E-state index contributed by atoms with van der Waals surface area (Å²) in [5.74, 6) is 0.00565. The van der Waals surface area contributed by atoms with Gasteiger partial charge < -0.3 is 5.11 Å². The third-order valence-electron chi connectivity index (χ3n) is 2.03. The van der Waals surface area contributed by atoms with Gasteiger partial charge in [-0.15, -0.1) is 0 Å². The SMILES string of the molecule is O=c1scc(O)n1Cc1cc(Br)cc(Br)c1. The van der Waals surface area contributed by atoms with Crippen molar-refractivity contribution in [3.8, 4) is 5.88 Å². The van der Waals surface area contributed by atoms with Crippen LogP contribution in [0.2, 0.25) is 0 Å². The van der Waals surface area contributed by atoms with E-state index in [1.54, 1.807) is 0 Å². The van der Waals surface area contributed by atoms with Crippen LogP contribution >= 0.6 is 43.2 Å². The van der Waals surface area contributed by atoms with E-state index in [1.807, 2.05) is 18.2 Å². The number of hydrogen-bond donors (Lipinski definition) is 1. The lowest BCUT2D eigenvalue weighted by Gasteiger charge is -2.05. The first-order valence-electron chi connectivity index (χ1n) is 4.38. The van der Waals surface area contributed by atoms with Gasteiger partial charge in [-0.2, -0.15) is 0 Å². The van der Waals surface area contributed by atoms with Gasteiger partial charge in [0.1, 0.15) is 0 Å². The van der Waals surface area contributed by atoms with Gasteiger partial charge in [0.15, 0.2) is 0 Å². The van der Waals surface area contributed by atoms with Crippen LogP contribution in [-0.2, 0) is 6.54 Å². The third kappa shape index (κ3) is 2.56. The molecule has 0 aliphatic rings. The molecule has 0 unspecified atom stereocenters. The number of aromatic hydroxyl groups is 1. The van der Waals surface area contributed by atoms with Crippen LogP contribution in [0, 0.1) is 0 Å². The molecule has 1 N–H and O–H groups in total. The number of nitrogens with zero attached hydrogens (tertiary/aromatic N) is 1. The molecule has 0 amide bonds. The molecule has 1 heterocycles. The van der Waals surface area contributed by atoms with E-state index in [9.17, 15) is 9.90 Å². The normalized spacial score (nSPS) is 10.6. The van der Waals surface area contributed by atoms with Crippen LogP contribution in [0.15, 0.2) is 37.3 Å². The van der Waals surface area contributed by atoms with Crippen molar-refractivity contribution in [2.24, 2.45) is 0 Å². The van der Waals surface area contributed by atoms with Crippen LogP contribution in [0.5, 0.6) is 5.88 Å². The zero-order valence-corrected chi connectivity index (χ0v) is 12.0. The van der Waals surface area contributed by atoms with Crippen LogP contribution in [0.4, 0.5) is 0 Å². The maximum absolute atomic E-state index is 11.4. The average molecular weight is 365 g/mol. The van der Waals surface area contributed by atoms with E-state index >= 15 is 0 Å². The van der Waals surface area contributed by atoms with Gasteiger partial charge in [0.25, 0.3) is 0 Å². The molecule has 6 heteroatoms. The lowest BCUT2D eigenvalue weighted by Crippen LogP contribution is -2.13. The maximum Gasteiger partial charge on any atom is 0.310 e. The van der Waals surface area contributed by atoms with Gasteiger partial charge in [0.05, 0.1) is 11.9 Å². The molecule has 0 fully saturated rings. The summed E-state index contributed by atoms with van der Waals surface area (Å²) in [5, 5.41) is 10.9. The molecule has 0 spiro atoms. The first kappa shape index (κ1) is 11.9. The predicted octanol–water partition coefficient (Wildman–Crippen LogP) is 3.19. The Morgan fingerprint density at radius 2 is 1.88 bits per heavy atom. The average Bonchev–Trinajstić information content (AvgIpc) is 2.48. The summed E-state index contributed by atoms with van der Waals surface area (Å²) >= 11 is 7.75. The fourth-order valence-corrected chi connectivity index (χ4v) is 3.36. The molecule has 0 aliphatic heterocycles. The minimum atomic E-state index is -0.159. The molecule has 0 saturated heterocycles. The first-order valence-corrected chi connectivity index (χ1v) is 6.85. The zero-order chi connectivity index (χ0) is 11.7. The monoisotopic (exact) mass is 363 g/mol. The third-order valence-corrected chi connectivity index (χ3v) is 3.69. The van der Waals surface area contributed by atoms with E-state index in [-0.39, 0.29) is 10.8 Å². The van der Waals surface area contributed by atoms with Crippen molar-refractivity contribution in [2.75, 3.05) is 0 Å². The van der Waals surface area contributed by atoms with Crippen molar-refractivity contribution in [2.45, 2.75) is 6.54 Å². The van der Waals surface area contributed by atoms with Gasteiger partial charge in [0, 0.05) is 8.95 Å². The second-order valence-electron chi connectivity index (χ2n) is 3.22. The number of benzene rings is 1. The predicted molar refractivity (Wildman–Crippen MR) is 71.2 cm³/mol. The summed E-state index contributed by atoms with van der Waals surface area (Å²) in [7, 11) is 0. The fourth-order valence-electron chi connectivity index (χ4n) is 1.35. The summed E-state index contributed by atoms with van der Waals surface area (Å²) in [6, 6.07) is 5.74. The molecule has 0 atom stereocenters. The van der Waals surface area contributed by atoms with Gasteiger partial charge in [-0.3, -0.25) is 9.36 Å². The molecular formula is C10H7Br2NO2S. The molecule has 1 aromatic carbocycles. The van der Waals surface area contributed by atoms with Crippen molar-refractivity contribution >= 4 is 43.2 Å². The fraction of sp³-hybridized carbons (Fsp3) is 0.100. The van der Waals surface area contributed by atoms with Gasteiger partial charge in [-0.05, 0) is 23.8 Å². The van der Waals surface area contributed by atoms with Gasteiger partial charge in [-0.1, -0.05) is 43.2 Å². The molecule has 3 nitrogen and oxygen atoms in total. The second kappa shape index (κ2) is 4.73. The first-order chi connectivity index (χ1) is 7.56. The lowest BCUT2D eigenvalue weighted by molar-refractivity contribution is 0.421. The Morgan fingerprint density at radius 3 is 2.38 bits per heavy atom. The molecule has 2 rings (SSSR count). The van der Waals surface area contributed by atoms with Crippen molar-refractivity contribution < 1.29 is 5.11 Å². The summed E-state index contributed by atoms with van der Waals surface area (Å²) in [6.45, 7) is 0.367. The summed E-state index contributed by atoms with van der Waals surface area (Å²) in [5.41, 5.74) is 0.942. The molecule has 2 aromatic rings. The van der Waals surface area contributed by atoms with E-state index in [1.165, 1.54) is 9.95 Å². The minimum Gasteiger partial charge on any atom is -0.494 e. The highest BCUT2D eigenvalue weighted by Crippen LogP contribution is 2.21. The Morgan fingerprint density at radius 1 is 1.25 bits per heavy atom. The Bertz CT molecular complexity index is 556. The Labute approximate surface area is 113 Å². The van der Waals surface area contributed by atoms with Crippen molar-refractivity contribution in [1.82, 2.24) is 4.57 Å². The molecule has 84 valence electrons. The van der Waals surface area contributed by atoms with E-state index in [4.69, 9.17) is 0 Å². The van der Waals surface area contributed by atoms with Crippen LogP contribution in [-0.4, -0.2) is 9.67 Å². The molecule has 0 aliphatic carbocycles. The quantitative estimate of drug-likeness (QED) is 0.889. The molecule has 0 bridgehead atoms. The maximum atomic E-state index is 11.4. The highest BCUT2D eigenvalue weighted by molar-refractivity contribution is 9.11. The topological polar surface area (TPSA) is 42.2 Å². The van der Waals surface area contributed by atoms with Crippen molar-refractivity contribution in [3.05, 3.63) is 47.8 Å². The minimum absolute atomic E-state index is 0.00565. The lowest BCUT2D eigenvalue weighted by atomic mass is 10.2. The number of aromatic nitrogens is 1. The summed E-state index contributed by atoms with van der Waals surface area (Å²) in [6.07, 6.45) is 0. The second-order valence-corrected chi connectivity index (χ2v) is 5.88. The number of halogens is 2. The van der Waals surface area contributed by atoms with Crippen LogP contribution in [0.1, 0.15) is 5.56 Å². The summed E-state index contributed by atoms with van der Waals surface area (Å²) < 4.78 is 3.19. The largest absolute Gasteiger partial charge is 0.494 e. The Hall–Kier alpha value is -0.590. The van der Waals surface area contributed by atoms with Crippen LogP contribution in [0.3, 0.4) is 0 Å². The van der Waals surface area contributed by atoms with E-state index in [0.717, 1.165) is 25.8 Å². The number of hydrogen-bond acceptors (Lipinski definition) is 3. The van der Waals surface area contributed by atoms with Crippen LogP contribution < -0.4 is 4.87 Å². The van der Waals surface area contributed by atoms with E-state index < -0.39 is 0 Å². The van der Waals surface area contributed by atoms with Crippen LogP contribution in [0.25, 0.3) is 0 Å². The zero-order valence-electron chi connectivity index (χ0n) is 7.98. The van der Waals surface area contributed by atoms with Gasteiger partial charge in [-0.25, -0.2) is 0 Å². The van der Waals surface area contributed by atoms with Crippen molar-refractivity contribution in [1.29, 1.82) is 0 Å². The highest BCUT2D eigenvalue weighted by atomic mass is 79.9. The number of rotatable bonds is 2. The highest BCUT2D eigenvalue weighted by Gasteiger charge is 2.06. The summed E-state index contributed by atoms with van der Waals surface area (Å²) in [4.78, 5) is 11.3. The molecule has 0 saturated carbocycles. The number of thiazole rings is 1. The van der Waals surface area contributed by atoms with E-state index in [2.05, 4.69) is 31.9 Å². The molecule has 0 radical (unpaired) electrons. The smallest absolute Gasteiger partial charge is 0.310 e.